The third-order valence-electron chi connectivity index (χ3n) is 5.12. The number of aryl methyl sites for hydroxylation is 1. The van der Waals surface area contributed by atoms with Crippen LogP contribution < -0.4 is 4.80 Å². The molecule has 3 rings (SSSR count). The maximum absolute atomic E-state index is 12.6. The molecule has 0 aliphatic heterocycles. The first-order valence-electron chi connectivity index (χ1n) is 10.9. The minimum absolute atomic E-state index is 0.0116. The molecular formula is C24H28N2O6S2. The molecule has 0 atom stereocenters. The van der Waals surface area contributed by atoms with Gasteiger partial charge in [-0.05, 0) is 50.6 Å². The summed E-state index contributed by atoms with van der Waals surface area (Å²) in [6.45, 7) is 4.81. The molecule has 0 aliphatic carbocycles. The van der Waals surface area contributed by atoms with E-state index in [-0.39, 0.29) is 30.1 Å². The highest BCUT2D eigenvalue weighted by atomic mass is 32.2. The molecule has 1 amide bonds. The SMILES string of the molecule is CCOC(=O)c1ccc2c(c1)sc(=NC(=O)CCCS(=O)(=O)c1ccc(C)cc1)n2CCOC. The van der Waals surface area contributed by atoms with E-state index < -0.39 is 21.7 Å². The number of esters is 1. The number of carbonyl (C=O) groups excluding carboxylic acids is 2. The molecule has 0 saturated carbocycles. The van der Waals surface area contributed by atoms with Gasteiger partial charge >= 0.3 is 5.97 Å². The number of methoxy groups -OCH3 is 1. The van der Waals surface area contributed by atoms with Crippen molar-refractivity contribution in [2.45, 2.75) is 38.1 Å². The Labute approximate surface area is 202 Å². The maximum Gasteiger partial charge on any atom is 0.338 e. The van der Waals surface area contributed by atoms with Crippen molar-refractivity contribution in [3.05, 3.63) is 58.4 Å². The van der Waals surface area contributed by atoms with Gasteiger partial charge < -0.3 is 14.0 Å². The first-order valence-corrected chi connectivity index (χ1v) is 13.4. The van der Waals surface area contributed by atoms with Crippen LogP contribution in [0.4, 0.5) is 0 Å². The van der Waals surface area contributed by atoms with Gasteiger partial charge in [0, 0.05) is 20.1 Å². The van der Waals surface area contributed by atoms with E-state index in [2.05, 4.69) is 4.99 Å². The smallest absolute Gasteiger partial charge is 0.338 e. The van der Waals surface area contributed by atoms with Crippen molar-refractivity contribution >= 4 is 43.3 Å². The summed E-state index contributed by atoms with van der Waals surface area (Å²) in [5.41, 5.74) is 2.23. The molecule has 2 aromatic carbocycles. The summed E-state index contributed by atoms with van der Waals surface area (Å²) in [7, 11) is -1.87. The van der Waals surface area contributed by atoms with E-state index in [0.29, 0.717) is 23.5 Å². The van der Waals surface area contributed by atoms with Crippen LogP contribution in [-0.4, -0.2) is 50.9 Å². The molecule has 1 aromatic heterocycles. The van der Waals surface area contributed by atoms with Gasteiger partial charge in [-0.15, -0.1) is 0 Å². The van der Waals surface area contributed by atoms with E-state index in [1.165, 1.54) is 11.3 Å². The Hall–Kier alpha value is -2.82. The first kappa shape index (κ1) is 25.8. The van der Waals surface area contributed by atoms with E-state index in [9.17, 15) is 18.0 Å². The fourth-order valence-corrected chi connectivity index (χ4v) is 5.76. The third-order valence-corrected chi connectivity index (χ3v) is 7.97. The van der Waals surface area contributed by atoms with Gasteiger partial charge in [0.25, 0.3) is 0 Å². The summed E-state index contributed by atoms with van der Waals surface area (Å²) in [6.07, 6.45) is 0.187. The van der Waals surface area contributed by atoms with Crippen LogP contribution in [0.5, 0.6) is 0 Å². The summed E-state index contributed by atoms with van der Waals surface area (Å²) >= 11 is 1.28. The van der Waals surface area contributed by atoms with Crippen molar-refractivity contribution in [1.82, 2.24) is 4.57 Å². The van der Waals surface area contributed by atoms with Gasteiger partial charge in [0.15, 0.2) is 14.6 Å². The van der Waals surface area contributed by atoms with Gasteiger partial charge in [-0.1, -0.05) is 29.0 Å². The van der Waals surface area contributed by atoms with Gasteiger partial charge in [-0.25, -0.2) is 13.2 Å². The van der Waals surface area contributed by atoms with Crippen molar-refractivity contribution in [1.29, 1.82) is 0 Å². The predicted octanol–water partition coefficient (Wildman–Crippen LogP) is 3.52. The van der Waals surface area contributed by atoms with Crippen LogP contribution >= 0.6 is 11.3 Å². The number of fused-ring (bicyclic) bond motifs is 1. The molecule has 182 valence electrons. The molecule has 1 heterocycles. The quantitative estimate of drug-likeness (QED) is 0.391. The number of carbonyl (C=O) groups is 2. The molecule has 34 heavy (non-hydrogen) atoms. The second-order valence-electron chi connectivity index (χ2n) is 7.67. The van der Waals surface area contributed by atoms with Crippen LogP contribution in [0.25, 0.3) is 10.2 Å². The number of amides is 1. The van der Waals surface area contributed by atoms with Gasteiger partial charge in [0.1, 0.15) is 0 Å². The summed E-state index contributed by atoms with van der Waals surface area (Å²) < 4.78 is 37.9. The number of ether oxygens (including phenoxy) is 2. The number of hydrogen-bond acceptors (Lipinski definition) is 7. The number of rotatable bonds is 10. The number of hydrogen-bond donors (Lipinski definition) is 0. The molecule has 3 aromatic rings. The van der Waals surface area contributed by atoms with Crippen LogP contribution in [0.1, 0.15) is 35.7 Å². The zero-order chi connectivity index (χ0) is 24.7. The second kappa shape index (κ2) is 11.5. The minimum atomic E-state index is -3.46. The fraction of sp³-hybridized carbons (Fsp3) is 0.375. The van der Waals surface area contributed by atoms with Crippen LogP contribution in [0.3, 0.4) is 0 Å². The van der Waals surface area contributed by atoms with Gasteiger partial charge in [0.2, 0.25) is 5.91 Å². The Balaban J connectivity index is 1.79. The highest BCUT2D eigenvalue weighted by molar-refractivity contribution is 7.91. The summed E-state index contributed by atoms with van der Waals surface area (Å²) in [4.78, 5) is 29.6. The maximum atomic E-state index is 12.6. The molecule has 0 saturated heterocycles. The summed E-state index contributed by atoms with van der Waals surface area (Å²) in [6, 6.07) is 11.9. The van der Waals surface area contributed by atoms with Gasteiger partial charge in [0.05, 0.1) is 39.6 Å². The average Bonchev–Trinajstić information content (AvgIpc) is 3.13. The Morgan fingerprint density at radius 1 is 1.12 bits per heavy atom. The van der Waals surface area contributed by atoms with E-state index in [1.54, 1.807) is 56.5 Å². The molecular weight excluding hydrogens is 476 g/mol. The molecule has 0 radical (unpaired) electrons. The molecule has 8 nitrogen and oxygen atoms in total. The topological polar surface area (TPSA) is 104 Å². The fourth-order valence-electron chi connectivity index (χ4n) is 3.34. The monoisotopic (exact) mass is 504 g/mol. The molecule has 0 aliphatic rings. The van der Waals surface area contributed by atoms with Crippen LogP contribution in [0.15, 0.2) is 52.4 Å². The number of sulfone groups is 1. The van der Waals surface area contributed by atoms with Gasteiger partial charge in [-0.3, -0.25) is 4.79 Å². The number of nitrogens with zero attached hydrogens (tertiary/aromatic N) is 2. The largest absolute Gasteiger partial charge is 0.462 e. The van der Waals surface area contributed by atoms with E-state index >= 15 is 0 Å². The first-order chi connectivity index (χ1) is 16.2. The van der Waals surface area contributed by atoms with Crippen molar-refractivity contribution in [3.8, 4) is 0 Å². The summed E-state index contributed by atoms with van der Waals surface area (Å²) in [5.74, 6) is -0.941. The average molecular weight is 505 g/mol. The molecule has 0 fully saturated rings. The van der Waals surface area contributed by atoms with E-state index in [1.807, 2.05) is 11.5 Å². The highest BCUT2D eigenvalue weighted by Crippen LogP contribution is 2.20. The zero-order valence-corrected chi connectivity index (χ0v) is 21.1. The Morgan fingerprint density at radius 3 is 2.53 bits per heavy atom. The van der Waals surface area contributed by atoms with Gasteiger partial charge in [-0.2, -0.15) is 4.99 Å². The van der Waals surface area contributed by atoms with E-state index in [4.69, 9.17) is 9.47 Å². The lowest BCUT2D eigenvalue weighted by Crippen LogP contribution is -2.19. The standard InChI is InChI=1S/C24H28N2O6S2/c1-4-32-23(28)18-9-12-20-21(16-18)33-24(26(20)13-14-31-3)25-22(27)6-5-15-34(29,30)19-10-7-17(2)8-11-19/h7-12,16H,4-6,13-15H2,1-3H3. The van der Waals surface area contributed by atoms with Crippen molar-refractivity contribution in [3.63, 3.8) is 0 Å². The highest BCUT2D eigenvalue weighted by Gasteiger charge is 2.16. The second-order valence-corrected chi connectivity index (χ2v) is 10.8. The molecule has 0 N–H and O–H groups in total. The Bertz CT molecular complexity index is 1340. The Kier molecular flexibility index (Phi) is 8.76. The van der Waals surface area contributed by atoms with Crippen molar-refractivity contribution < 1.29 is 27.5 Å². The number of thiazole rings is 1. The zero-order valence-electron chi connectivity index (χ0n) is 19.4. The molecule has 10 heteroatoms. The van der Waals surface area contributed by atoms with E-state index in [0.717, 1.165) is 15.8 Å². The molecule has 0 spiro atoms. The number of benzene rings is 2. The Morgan fingerprint density at radius 2 is 1.85 bits per heavy atom. The van der Waals surface area contributed by atoms with Crippen LogP contribution in [0.2, 0.25) is 0 Å². The molecule has 0 bridgehead atoms. The normalized spacial score (nSPS) is 12.3. The lowest BCUT2D eigenvalue weighted by Gasteiger charge is -2.05. The lowest BCUT2D eigenvalue weighted by atomic mass is 10.2. The van der Waals surface area contributed by atoms with Crippen molar-refractivity contribution in [2.24, 2.45) is 4.99 Å². The summed E-state index contributed by atoms with van der Waals surface area (Å²) in [5, 5.41) is 0. The molecule has 0 unspecified atom stereocenters. The minimum Gasteiger partial charge on any atom is -0.462 e. The third kappa shape index (κ3) is 6.40. The number of aromatic nitrogens is 1. The van der Waals surface area contributed by atoms with Crippen LogP contribution in [0, 0.1) is 6.92 Å². The van der Waals surface area contributed by atoms with Crippen molar-refractivity contribution in [2.75, 3.05) is 26.1 Å². The predicted molar refractivity (Wildman–Crippen MR) is 131 cm³/mol. The lowest BCUT2D eigenvalue weighted by molar-refractivity contribution is -0.118. The van der Waals surface area contributed by atoms with Crippen LogP contribution in [-0.2, 0) is 30.7 Å².